The molecule has 1 nitrogen and oxygen atoms in total. The molecule has 0 atom stereocenters. The van der Waals surface area contributed by atoms with Crippen molar-refractivity contribution in [2.24, 2.45) is 0 Å². The molecule has 0 bridgehead atoms. The lowest BCUT2D eigenvalue weighted by molar-refractivity contribution is 0.585. The van der Waals surface area contributed by atoms with Gasteiger partial charge in [-0.25, -0.2) is 8.78 Å². The Morgan fingerprint density at radius 3 is 2.78 bits per heavy atom. The second-order valence-electron chi connectivity index (χ2n) is 4.27. The highest BCUT2D eigenvalue weighted by atomic mass is 79.9. The van der Waals surface area contributed by atoms with E-state index in [2.05, 4.69) is 21.2 Å². The van der Waals surface area contributed by atoms with Gasteiger partial charge in [-0.3, -0.25) is 0 Å². The zero-order chi connectivity index (χ0) is 12.7. The van der Waals surface area contributed by atoms with Crippen LogP contribution in [0.1, 0.15) is 5.56 Å². The van der Waals surface area contributed by atoms with Crippen molar-refractivity contribution in [3.05, 3.63) is 52.0 Å². The molecule has 0 fully saturated rings. The highest BCUT2D eigenvalue weighted by molar-refractivity contribution is 9.10. The summed E-state index contributed by atoms with van der Waals surface area (Å²) in [6.45, 7) is 0.877. The Kier molecular flexibility index (Phi) is 2.82. The van der Waals surface area contributed by atoms with Gasteiger partial charge >= 0.3 is 0 Å². The van der Waals surface area contributed by atoms with Crippen LogP contribution in [0.5, 0.6) is 0 Å². The predicted octanol–water partition coefficient (Wildman–Crippen LogP) is 4.36. The normalized spacial score (nSPS) is 13.3. The Bertz CT molecular complexity index is 625. The van der Waals surface area contributed by atoms with Gasteiger partial charge in [-0.2, -0.15) is 0 Å². The van der Waals surface area contributed by atoms with Crippen molar-refractivity contribution in [3.8, 4) is 11.1 Å². The highest BCUT2D eigenvalue weighted by Gasteiger charge is 2.17. The van der Waals surface area contributed by atoms with Crippen molar-refractivity contribution in [1.82, 2.24) is 0 Å². The van der Waals surface area contributed by atoms with E-state index in [1.807, 2.05) is 6.07 Å². The largest absolute Gasteiger partial charge is 0.384 e. The highest BCUT2D eigenvalue weighted by Crippen LogP contribution is 2.34. The standard InChI is InChI=1S/C14H10BrF2N/c15-10-3-4-11(16)13(14(10)17)9-2-1-8-5-6-18-12(8)7-9/h1-4,7,18H,5-6H2. The number of hydrogen-bond donors (Lipinski definition) is 1. The fourth-order valence-corrected chi connectivity index (χ4v) is 2.57. The van der Waals surface area contributed by atoms with Gasteiger partial charge in [-0.1, -0.05) is 12.1 Å². The van der Waals surface area contributed by atoms with E-state index in [9.17, 15) is 8.78 Å². The van der Waals surface area contributed by atoms with Crippen LogP contribution >= 0.6 is 15.9 Å². The van der Waals surface area contributed by atoms with Gasteiger partial charge in [0.05, 0.1) is 10.0 Å². The summed E-state index contributed by atoms with van der Waals surface area (Å²) >= 11 is 3.08. The van der Waals surface area contributed by atoms with E-state index in [0.717, 1.165) is 18.7 Å². The second-order valence-corrected chi connectivity index (χ2v) is 5.12. The quantitative estimate of drug-likeness (QED) is 0.772. The molecule has 0 aromatic heterocycles. The number of anilines is 1. The average molecular weight is 310 g/mol. The summed E-state index contributed by atoms with van der Waals surface area (Å²) in [4.78, 5) is 0. The van der Waals surface area contributed by atoms with Crippen molar-refractivity contribution in [1.29, 1.82) is 0 Å². The minimum atomic E-state index is -0.562. The van der Waals surface area contributed by atoms with Crippen LogP contribution in [0.25, 0.3) is 11.1 Å². The van der Waals surface area contributed by atoms with Crippen LogP contribution in [0.15, 0.2) is 34.8 Å². The monoisotopic (exact) mass is 309 g/mol. The minimum absolute atomic E-state index is 0.0147. The molecule has 18 heavy (non-hydrogen) atoms. The number of hydrogen-bond acceptors (Lipinski definition) is 1. The number of halogens is 3. The van der Waals surface area contributed by atoms with E-state index < -0.39 is 11.6 Å². The fourth-order valence-electron chi connectivity index (χ4n) is 2.24. The van der Waals surface area contributed by atoms with Crippen molar-refractivity contribution in [2.45, 2.75) is 6.42 Å². The van der Waals surface area contributed by atoms with E-state index in [0.29, 0.717) is 5.56 Å². The third kappa shape index (κ3) is 1.81. The summed E-state index contributed by atoms with van der Waals surface area (Å²) in [5.74, 6) is -1.11. The second kappa shape index (κ2) is 4.35. The lowest BCUT2D eigenvalue weighted by atomic mass is 10.0. The summed E-state index contributed by atoms with van der Waals surface area (Å²) in [6, 6.07) is 8.13. The molecule has 1 heterocycles. The molecule has 0 aliphatic carbocycles. The van der Waals surface area contributed by atoms with E-state index in [-0.39, 0.29) is 10.0 Å². The summed E-state index contributed by atoms with van der Waals surface area (Å²) in [7, 11) is 0. The summed E-state index contributed by atoms with van der Waals surface area (Å²) < 4.78 is 28.1. The van der Waals surface area contributed by atoms with E-state index in [4.69, 9.17) is 0 Å². The summed E-state index contributed by atoms with van der Waals surface area (Å²) in [6.07, 6.45) is 0.957. The molecule has 3 rings (SSSR count). The maximum atomic E-state index is 14.0. The molecule has 0 amide bonds. The Labute approximate surface area is 112 Å². The van der Waals surface area contributed by atoms with Gasteiger partial charge in [0.1, 0.15) is 11.6 Å². The first-order valence-electron chi connectivity index (χ1n) is 5.67. The van der Waals surface area contributed by atoms with Crippen LogP contribution in [0, 0.1) is 11.6 Å². The van der Waals surface area contributed by atoms with Crippen LogP contribution in [0.4, 0.5) is 14.5 Å². The molecule has 1 aliphatic rings. The van der Waals surface area contributed by atoms with Gasteiger partial charge in [0, 0.05) is 12.2 Å². The fraction of sp³-hybridized carbons (Fsp3) is 0.143. The molecular formula is C14H10BrF2N. The van der Waals surface area contributed by atoms with Gasteiger partial charge in [-0.15, -0.1) is 0 Å². The zero-order valence-corrected chi connectivity index (χ0v) is 11.0. The maximum Gasteiger partial charge on any atom is 0.148 e. The summed E-state index contributed by atoms with van der Waals surface area (Å²) in [5.41, 5.74) is 2.72. The Balaban J connectivity index is 2.18. The predicted molar refractivity (Wildman–Crippen MR) is 71.7 cm³/mol. The van der Waals surface area contributed by atoms with Gasteiger partial charge in [0.15, 0.2) is 0 Å². The molecule has 0 spiro atoms. The molecule has 2 aromatic carbocycles. The van der Waals surface area contributed by atoms with E-state index >= 15 is 0 Å². The third-order valence-electron chi connectivity index (χ3n) is 3.15. The topological polar surface area (TPSA) is 12.0 Å². The first kappa shape index (κ1) is 11.7. The van der Waals surface area contributed by atoms with Gasteiger partial charge in [0.25, 0.3) is 0 Å². The molecule has 92 valence electrons. The van der Waals surface area contributed by atoms with Crippen LogP contribution in [-0.2, 0) is 6.42 Å². The number of rotatable bonds is 1. The molecule has 0 saturated heterocycles. The first-order valence-corrected chi connectivity index (χ1v) is 6.47. The molecule has 0 saturated carbocycles. The molecule has 1 N–H and O–H groups in total. The van der Waals surface area contributed by atoms with E-state index in [1.54, 1.807) is 12.1 Å². The molecule has 1 aliphatic heterocycles. The Morgan fingerprint density at radius 2 is 1.94 bits per heavy atom. The summed E-state index contributed by atoms with van der Waals surface area (Å²) in [5, 5.41) is 3.21. The van der Waals surface area contributed by atoms with Crippen molar-refractivity contribution < 1.29 is 8.78 Å². The lowest BCUT2D eigenvalue weighted by Crippen LogP contribution is -1.93. The first-order chi connectivity index (χ1) is 8.66. The molecule has 2 aromatic rings. The molecular weight excluding hydrogens is 300 g/mol. The SMILES string of the molecule is Fc1ccc(Br)c(F)c1-c1ccc2c(c1)NCC2. The van der Waals surface area contributed by atoms with Crippen molar-refractivity contribution in [2.75, 3.05) is 11.9 Å². The Morgan fingerprint density at radius 1 is 1.11 bits per heavy atom. The minimum Gasteiger partial charge on any atom is -0.384 e. The van der Waals surface area contributed by atoms with Crippen LogP contribution in [0.3, 0.4) is 0 Å². The third-order valence-corrected chi connectivity index (χ3v) is 3.76. The maximum absolute atomic E-state index is 14.0. The van der Waals surface area contributed by atoms with Gasteiger partial charge in [0.2, 0.25) is 0 Å². The molecule has 0 unspecified atom stereocenters. The number of nitrogens with one attached hydrogen (secondary N) is 1. The van der Waals surface area contributed by atoms with Crippen molar-refractivity contribution in [3.63, 3.8) is 0 Å². The molecule has 0 radical (unpaired) electrons. The number of fused-ring (bicyclic) bond motifs is 1. The Hall–Kier alpha value is -1.42. The van der Waals surface area contributed by atoms with Gasteiger partial charge in [-0.05, 0) is 51.7 Å². The number of benzene rings is 2. The van der Waals surface area contributed by atoms with Crippen LogP contribution in [-0.4, -0.2) is 6.54 Å². The molecule has 4 heteroatoms. The van der Waals surface area contributed by atoms with Crippen molar-refractivity contribution >= 4 is 21.6 Å². The van der Waals surface area contributed by atoms with E-state index in [1.165, 1.54) is 17.7 Å². The smallest absolute Gasteiger partial charge is 0.148 e. The zero-order valence-electron chi connectivity index (χ0n) is 9.43. The lowest BCUT2D eigenvalue weighted by Gasteiger charge is -2.09. The van der Waals surface area contributed by atoms with Gasteiger partial charge < -0.3 is 5.32 Å². The average Bonchev–Trinajstić information content (AvgIpc) is 2.82. The van der Waals surface area contributed by atoms with Crippen LogP contribution in [0.2, 0.25) is 0 Å². The van der Waals surface area contributed by atoms with Crippen LogP contribution < -0.4 is 5.32 Å².